The monoisotopic (exact) mass is 208 g/mol. The van der Waals surface area contributed by atoms with Crippen molar-refractivity contribution in [2.75, 3.05) is 26.9 Å². The second-order valence-electron chi connectivity index (χ2n) is 3.66. The fourth-order valence-corrected chi connectivity index (χ4v) is 1.36. The molecule has 0 radical (unpaired) electrons. The van der Waals surface area contributed by atoms with Crippen molar-refractivity contribution in [2.45, 2.75) is 12.5 Å². The van der Waals surface area contributed by atoms with Crippen molar-refractivity contribution < 1.29 is 14.2 Å². The quantitative estimate of drug-likeness (QED) is 0.666. The van der Waals surface area contributed by atoms with E-state index >= 15 is 0 Å². The van der Waals surface area contributed by atoms with E-state index in [2.05, 4.69) is 12.1 Å². The molecule has 0 bridgehead atoms. The molecule has 1 unspecified atom stereocenters. The van der Waals surface area contributed by atoms with E-state index in [1.807, 2.05) is 12.1 Å². The average Bonchev–Trinajstić information content (AvgIpc) is 3.08. The van der Waals surface area contributed by atoms with E-state index in [1.165, 1.54) is 5.56 Å². The summed E-state index contributed by atoms with van der Waals surface area (Å²) in [5.74, 6) is 0.916. The summed E-state index contributed by atoms with van der Waals surface area (Å²) in [6, 6.07) is 8.12. The molecule has 1 aliphatic rings. The van der Waals surface area contributed by atoms with E-state index in [4.69, 9.17) is 14.2 Å². The summed E-state index contributed by atoms with van der Waals surface area (Å²) < 4.78 is 15.7. The van der Waals surface area contributed by atoms with Crippen molar-refractivity contribution in [2.24, 2.45) is 0 Å². The number of rotatable bonds is 6. The molecule has 82 valence electrons. The minimum atomic E-state index is 0.313. The van der Waals surface area contributed by atoms with Crippen molar-refractivity contribution in [3.8, 4) is 5.75 Å². The Morgan fingerprint density at radius 1 is 1.47 bits per heavy atom. The van der Waals surface area contributed by atoms with Gasteiger partial charge >= 0.3 is 0 Å². The SMILES string of the molecule is COCCc1cccc(OCC2CO2)c1. The average molecular weight is 208 g/mol. The van der Waals surface area contributed by atoms with Crippen LogP contribution in [0.1, 0.15) is 5.56 Å². The maximum absolute atomic E-state index is 5.58. The zero-order chi connectivity index (χ0) is 10.5. The molecule has 0 spiro atoms. The maximum atomic E-state index is 5.58. The summed E-state index contributed by atoms with van der Waals surface area (Å²) in [5, 5.41) is 0. The summed E-state index contributed by atoms with van der Waals surface area (Å²) in [5.41, 5.74) is 1.24. The lowest BCUT2D eigenvalue weighted by molar-refractivity contribution is 0.202. The second-order valence-corrected chi connectivity index (χ2v) is 3.66. The van der Waals surface area contributed by atoms with Crippen molar-refractivity contribution in [3.63, 3.8) is 0 Å². The Morgan fingerprint density at radius 2 is 2.33 bits per heavy atom. The molecular formula is C12H16O3. The van der Waals surface area contributed by atoms with Crippen molar-refractivity contribution in [1.82, 2.24) is 0 Å². The van der Waals surface area contributed by atoms with Crippen molar-refractivity contribution in [1.29, 1.82) is 0 Å². The molecule has 0 amide bonds. The van der Waals surface area contributed by atoms with Gasteiger partial charge in [-0.25, -0.2) is 0 Å². The van der Waals surface area contributed by atoms with Gasteiger partial charge in [-0.05, 0) is 24.1 Å². The molecule has 2 rings (SSSR count). The third-order valence-corrected chi connectivity index (χ3v) is 2.33. The first-order chi connectivity index (χ1) is 7.38. The van der Waals surface area contributed by atoms with Gasteiger partial charge in [0.15, 0.2) is 0 Å². The van der Waals surface area contributed by atoms with Gasteiger partial charge in [-0.1, -0.05) is 12.1 Å². The molecule has 0 aliphatic carbocycles. The van der Waals surface area contributed by atoms with Gasteiger partial charge in [0, 0.05) is 7.11 Å². The van der Waals surface area contributed by atoms with Gasteiger partial charge in [-0.3, -0.25) is 0 Å². The van der Waals surface area contributed by atoms with Crippen LogP contribution in [0.2, 0.25) is 0 Å². The van der Waals surface area contributed by atoms with Gasteiger partial charge in [-0.15, -0.1) is 0 Å². The van der Waals surface area contributed by atoms with E-state index in [9.17, 15) is 0 Å². The molecule has 1 saturated heterocycles. The minimum absolute atomic E-state index is 0.313. The van der Waals surface area contributed by atoms with Crippen LogP contribution in [-0.4, -0.2) is 33.0 Å². The van der Waals surface area contributed by atoms with Gasteiger partial charge in [0.05, 0.1) is 13.2 Å². The van der Waals surface area contributed by atoms with Crippen LogP contribution in [0.5, 0.6) is 5.75 Å². The highest BCUT2D eigenvalue weighted by atomic mass is 16.6. The summed E-state index contributed by atoms with van der Waals surface area (Å²) in [6.07, 6.45) is 1.24. The molecule has 1 aromatic carbocycles. The number of epoxide rings is 1. The maximum Gasteiger partial charge on any atom is 0.119 e. The number of hydrogen-bond donors (Lipinski definition) is 0. The van der Waals surface area contributed by atoms with E-state index in [-0.39, 0.29) is 0 Å². The van der Waals surface area contributed by atoms with E-state index in [0.717, 1.165) is 25.4 Å². The van der Waals surface area contributed by atoms with Gasteiger partial charge in [0.1, 0.15) is 18.5 Å². The second kappa shape index (κ2) is 5.14. The Labute approximate surface area is 90.0 Å². The zero-order valence-corrected chi connectivity index (χ0v) is 8.94. The lowest BCUT2D eigenvalue weighted by Crippen LogP contribution is -2.04. The van der Waals surface area contributed by atoms with Gasteiger partial charge in [0.2, 0.25) is 0 Å². The summed E-state index contributed by atoms with van der Waals surface area (Å²) in [4.78, 5) is 0. The molecule has 0 N–H and O–H groups in total. The van der Waals surface area contributed by atoms with Crippen LogP contribution in [0.3, 0.4) is 0 Å². The summed E-state index contributed by atoms with van der Waals surface area (Å²) >= 11 is 0. The van der Waals surface area contributed by atoms with Crippen LogP contribution in [0.25, 0.3) is 0 Å². The fourth-order valence-electron chi connectivity index (χ4n) is 1.36. The molecule has 0 aromatic heterocycles. The number of hydrogen-bond acceptors (Lipinski definition) is 3. The van der Waals surface area contributed by atoms with Crippen LogP contribution in [0.15, 0.2) is 24.3 Å². The molecular weight excluding hydrogens is 192 g/mol. The van der Waals surface area contributed by atoms with Crippen LogP contribution < -0.4 is 4.74 Å². The summed E-state index contributed by atoms with van der Waals surface area (Å²) in [7, 11) is 1.71. The summed E-state index contributed by atoms with van der Waals surface area (Å²) in [6.45, 7) is 2.24. The highest BCUT2D eigenvalue weighted by Gasteiger charge is 2.22. The highest BCUT2D eigenvalue weighted by Crippen LogP contribution is 2.16. The minimum Gasteiger partial charge on any atom is -0.491 e. The predicted molar refractivity (Wildman–Crippen MR) is 57.3 cm³/mol. The molecule has 1 aromatic rings. The Hall–Kier alpha value is -1.06. The fraction of sp³-hybridized carbons (Fsp3) is 0.500. The Balaban J connectivity index is 1.85. The third-order valence-electron chi connectivity index (χ3n) is 2.33. The molecule has 1 atom stereocenters. The zero-order valence-electron chi connectivity index (χ0n) is 8.94. The van der Waals surface area contributed by atoms with Crippen LogP contribution in [0, 0.1) is 0 Å². The lowest BCUT2D eigenvalue weighted by atomic mass is 10.1. The Morgan fingerprint density at radius 3 is 3.07 bits per heavy atom. The van der Waals surface area contributed by atoms with Crippen molar-refractivity contribution in [3.05, 3.63) is 29.8 Å². The lowest BCUT2D eigenvalue weighted by Gasteiger charge is -2.06. The molecule has 1 fully saturated rings. The molecule has 1 heterocycles. The molecule has 1 aliphatic heterocycles. The Kier molecular flexibility index (Phi) is 3.59. The number of methoxy groups -OCH3 is 1. The standard InChI is InChI=1S/C12H16O3/c1-13-6-5-10-3-2-4-11(7-10)14-8-12-9-15-12/h2-4,7,12H,5-6,8-9H2,1H3. The number of ether oxygens (including phenoxy) is 3. The first-order valence-electron chi connectivity index (χ1n) is 5.21. The molecule has 0 saturated carbocycles. The number of benzene rings is 1. The highest BCUT2D eigenvalue weighted by molar-refractivity contribution is 5.28. The first kappa shape index (κ1) is 10.5. The van der Waals surface area contributed by atoms with Crippen molar-refractivity contribution >= 4 is 0 Å². The van der Waals surface area contributed by atoms with Gasteiger partial charge < -0.3 is 14.2 Å². The van der Waals surface area contributed by atoms with Crippen LogP contribution in [-0.2, 0) is 15.9 Å². The first-order valence-corrected chi connectivity index (χ1v) is 5.21. The molecule has 15 heavy (non-hydrogen) atoms. The molecule has 3 heteroatoms. The third kappa shape index (κ3) is 3.53. The smallest absolute Gasteiger partial charge is 0.119 e. The van der Waals surface area contributed by atoms with Gasteiger partial charge in [0.25, 0.3) is 0 Å². The van der Waals surface area contributed by atoms with E-state index in [1.54, 1.807) is 7.11 Å². The van der Waals surface area contributed by atoms with E-state index in [0.29, 0.717) is 12.7 Å². The molecule has 3 nitrogen and oxygen atoms in total. The van der Waals surface area contributed by atoms with E-state index < -0.39 is 0 Å². The Bertz CT molecular complexity index is 307. The predicted octanol–water partition coefficient (Wildman–Crippen LogP) is 1.65. The van der Waals surface area contributed by atoms with Crippen LogP contribution >= 0.6 is 0 Å². The normalized spacial score (nSPS) is 18.9. The topological polar surface area (TPSA) is 31.0 Å². The van der Waals surface area contributed by atoms with Gasteiger partial charge in [-0.2, -0.15) is 0 Å². The van der Waals surface area contributed by atoms with Crippen LogP contribution in [0.4, 0.5) is 0 Å². The largest absolute Gasteiger partial charge is 0.491 e.